The number of H-pyrrole nitrogens is 1. The molecule has 0 aliphatic heterocycles. The summed E-state index contributed by atoms with van der Waals surface area (Å²) in [6, 6.07) is 7.28. The first-order chi connectivity index (χ1) is 10.6. The SMILES string of the molecule is COc1ccc2ncn(C(C)Cc3cc(C)[nH]n3)c(=O)c2c1. The summed E-state index contributed by atoms with van der Waals surface area (Å²) in [5.41, 5.74) is 2.55. The minimum Gasteiger partial charge on any atom is -0.497 e. The first-order valence-corrected chi connectivity index (χ1v) is 7.14. The fourth-order valence-corrected chi connectivity index (χ4v) is 2.54. The Kier molecular flexibility index (Phi) is 3.66. The zero-order chi connectivity index (χ0) is 15.7. The number of nitrogens with zero attached hydrogens (tertiary/aromatic N) is 3. The second kappa shape index (κ2) is 5.63. The standard InChI is InChI=1S/C16H18N4O2/c1-10-6-12(19-18-10)7-11(2)20-9-17-15-5-4-13(22-3)8-14(15)16(20)21/h4-6,8-9,11H,7H2,1-3H3,(H,18,19). The van der Waals surface area contributed by atoms with Crippen LogP contribution in [0, 0.1) is 6.92 Å². The van der Waals surface area contributed by atoms with E-state index in [4.69, 9.17) is 4.74 Å². The molecule has 0 saturated heterocycles. The summed E-state index contributed by atoms with van der Waals surface area (Å²) < 4.78 is 6.83. The monoisotopic (exact) mass is 298 g/mol. The third-order valence-electron chi connectivity index (χ3n) is 3.73. The number of methoxy groups -OCH3 is 1. The molecule has 1 unspecified atom stereocenters. The maximum Gasteiger partial charge on any atom is 0.261 e. The molecule has 0 aliphatic carbocycles. The molecule has 1 atom stereocenters. The van der Waals surface area contributed by atoms with Gasteiger partial charge >= 0.3 is 0 Å². The molecule has 1 aromatic carbocycles. The molecule has 0 spiro atoms. The van der Waals surface area contributed by atoms with Crippen LogP contribution in [0.25, 0.3) is 10.9 Å². The molecule has 22 heavy (non-hydrogen) atoms. The van der Waals surface area contributed by atoms with Gasteiger partial charge in [0.05, 0.1) is 30.0 Å². The van der Waals surface area contributed by atoms with Crippen molar-refractivity contribution < 1.29 is 4.74 Å². The van der Waals surface area contributed by atoms with E-state index in [0.717, 1.165) is 11.4 Å². The van der Waals surface area contributed by atoms with E-state index < -0.39 is 0 Å². The predicted octanol–water partition coefficient (Wildman–Crippen LogP) is 2.24. The highest BCUT2D eigenvalue weighted by atomic mass is 16.5. The van der Waals surface area contributed by atoms with E-state index >= 15 is 0 Å². The van der Waals surface area contributed by atoms with E-state index in [2.05, 4.69) is 15.2 Å². The number of nitrogens with one attached hydrogen (secondary N) is 1. The highest BCUT2D eigenvalue weighted by molar-refractivity contribution is 5.78. The maximum atomic E-state index is 12.7. The van der Waals surface area contributed by atoms with Gasteiger partial charge in [-0.25, -0.2) is 4.98 Å². The highest BCUT2D eigenvalue weighted by Crippen LogP contribution is 2.17. The molecular formula is C16H18N4O2. The summed E-state index contributed by atoms with van der Waals surface area (Å²) >= 11 is 0. The fraction of sp³-hybridized carbons (Fsp3) is 0.312. The summed E-state index contributed by atoms with van der Waals surface area (Å²) in [6.45, 7) is 3.94. The van der Waals surface area contributed by atoms with Gasteiger partial charge in [0, 0.05) is 18.2 Å². The van der Waals surface area contributed by atoms with Crippen molar-refractivity contribution in [2.75, 3.05) is 7.11 Å². The fourth-order valence-electron chi connectivity index (χ4n) is 2.54. The summed E-state index contributed by atoms with van der Waals surface area (Å²) in [5, 5.41) is 7.70. The Labute approximate surface area is 127 Å². The minimum atomic E-state index is -0.0661. The van der Waals surface area contributed by atoms with E-state index in [0.29, 0.717) is 23.1 Å². The molecule has 114 valence electrons. The van der Waals surface area contributed by atoms with Gasteiger partial charge in [0.1, 0.15) is 5.75 Å². The van der Waals surface area contributed by atoms with Crippen molar-refractivity contribution >= 4 is 10.9 Å². The number of aromatic amines is 1. The molecule has 0 radical (unpaired) electrons. The second-order valence-corrected chi connectivity index (χ2v) is 5.44. The summed E-state index contributed by atoms with van der Waals surface area (Å²) in [4.78, 5) is 17.0. The lowest BCUT2D eigenvalue weighted by atomic mass is 10.1. The highest BCUT2D eigenvalue weighted by Gasteiger charge is 2.13. The first kappa shape index (κ1) is 14.3. The lowest BCUT2D eigenvalue weighted by molar-refractivity contribution is 0.415. The number of aromatic nitrogens is 4. The van der Waals surface area contributed by atoms with Crippen LogP contribution in [0.3, 0.4) is 0 Å². The molecule has 3 rings (SSSR count). The zero-order valence-electron chi connectivity index (χ0n) is 12.8. The van der Waals surface area contributed by atoms with E-state index in [1.54, 1.807) is 36.2 Å². The quantitative estimate of drug-likeness (QED) is 0.801. The van der Waals surface area contributed by atoms with Gasteiger partial charge in [-0.1, -0.05) is 0 Å². The van der Waals surface area contributed by atoms with Crippen molar-refractivity contribution in [1.82, 2.24) is 19.7 Å². The van der Waals surface area contributed by atoms with E-state index in [9.17, 15) is 4.79 Å². The van der Waals surface area contributed by atoms with E-state index in [1.807, 2.05) is 19.9 Å². The predicted molar refractivity (Wildman–Crippen MR) is 84.3 cm³/mol. The van der Waals surface area contributed by atoms with Gasteiger partial charge in [0.15, 0.2) is 0 Å². The van der Waals surface area contributed by atoms with Gasteiger partial charge in [-0.15, -0.1) is 0 Å². The number of benzene rings is 1. The molecule has 1 N–H and O–H groups in total. The number of fused-ring (bicyclic) bond motifs is 1. The van der Waals surface area contributed by atoms with Crippen molar-refractivity contribution in [2.24, 2.45) is 0 Å². The molecule has 0 fully saturated rings. The van der Waals surface area contributed by atoms with Gasteiger partial charge < -0.3 is 4.74 Å². The van der Waals surface area contributed by atoms with Crippen LogP contribution in [0.15, 0.2) is 35.4 Å². The van der Waals surface area contributed by atoms with Gasteiger partial charge in [0.25, 0.3) is 5.56 Å². The molecule has 6 nitrogen and oxygen atoms in total. The number of ether oxygens (including phenoxy) is 1. The molecular weight excluding hydrogens is 280 g/mol. The zero-order valence-corrected chi connectivity index (χ0v) is 12.8. The molecule has 2 aromatic heterocycles. The molecule has 0 aliphatic rings. The Hall–Kier alpha value is -2.63. The van der Waals surface area contributed by atoms with Crippen LogP contribution < -0.4 is 10.3 Å². The Morgan fingerprint density at radius 1 is 1.36 bits per heavy atom. The number of rotatable bonds is 4. The lowest BCUT2D eigenvalue weighted by Gasteiger charge is -2.14. The van der Waals surface area contributed by atoms with Crippen LogP contribution >= 0.6 is 0 Å². The van der Waals surface area contributed by atoms with Crippen molar-refractivity contribution in [1.29, 1.82) is 0 Å². The summed E-state index contributed by atoms with van der Waals surface area (Å²) in [7, 11) is 1.58. The van der Waals surface area contributed by atoms with E-state index in [1.165, 1.54) is 0 Å². The number of hydrogen-bond donors (Lipinski definition) is 1. The van der Waals surface area contributed by atoms with Gasteiger partial charge in [0.2, 0.25) is 0 Å². The van der Waals surface area contributed by atoms with Crippen LogP contribution in [-0.4, -0.2) is 26.9 Å². The van der Waals surface area contributed by atoms with Crippen molar-refractivity contribution in [3.63, 3.8) is 0 Å². The largest absolute Gasteiger partial charge is 0.497 e. The summed E-state index contributed by atoms with van der Waals surface area (Å²) in [5.74, 6) is 0.653. The Bertz CT molecular complexity index is 866. The molecule has 2 heterocycles. The number of hydrogen-bond acceptors (Lipinski definition) is 4. The maximum absolute atomic E-state index is 12.7. The van der Waals surface area contributed by atoms with Crippen molar-refractivity contribution in [3.05, 3.63) is 52.3 Å². The first-order valence-electron chi connectivity index (χ1n) is 7.14. The molecule has 6 heteroatoms. The van der Waals surface area contributed by atoms with Crippen molar-refractivity contribution in [2.45, 2.75) is 26.3 Å². The van der Waals surface area contributed by atoms with Crippen molar-refractivity contribution in [3.8, 4) is 5.75 Å². The topological polar surface area (TPSA) is 72.8 Å². The smallest absolute Gasteiger partial charge is 0.261 e. The third kappa shape index (κ3) is 2.59. The third-order valence-corrected chi connectivity index (χ3v) is 3.73. The summed E-state index contributed by atoms with van der Waals surface area (Å²) in [6.07, 6.45) is 2.27. The van der Waals surface area contributed by atoms with Crippen LogP contribution in [0.1, 0.15) is 24.4 Å². The molecule has 0 amide bonds. The Morgan fingerprint density at radius 2 is 2.18 bits per heavy atom. The molecule has 3 aromatic rings. The van der Waals surface area contributed by atoms with Gasteiger partial charge in [-0.2, -0.15) is 5.10 Å². The normalized spacial score (nSPS) is 12.5. The molecule has 0 bridgehead atoms. The van der Waals surface area contributed by atoms with E-state index in [-0.39, 0.29) is 11.6 Å². The average molecular weight is 298 g/mol. The average Bonchev–Trinajstić information content (AvgIpc) is 2.92. The Morgan fingerprint density at radius 3 is 2.86 bits per heavy atom. The van der Waals surface area contributed by atoms with Crippen LogP contribution in [0.5, 0.6) is 5.75 Å². The van der Waals surface area contributed by atoms with Crippen LogP contribution in [0.2, 0.25) is 0 Å². The Balaban J connectivity index is 1.99. The lowest BCUT2D eigenvalue weighted by Crippen LogP contribution is -2.25. The van der Waals surface area contributed by atoms with Crippen LogP contribution in [-0.2, 0) is 6.42 Å². The van der Waals surface area contributed by atoms with Gasteiger partial charge in [-0.3, -0.25) is 14.5 Å². The number of aryl methyl sites for hydroxylation is 1. The minimum absolute atomic E-state index is 0.0294. The van der Waals surface area contributed by atoms with Gasteiger partial charge in [-0.05, 0) is 38.1 Å². The molecule has 0 saturated carbocycles. The van der Waals surface area contributed by atoms with Crippen LogP contribution in [0.4, 0.5) is 0 Å². The second-order valence-electron chi connectivity index (χ2n) is 5.44.